The van der Waals surface area contributed by atoms with Crippen LogP contribution in [0.1, 0.15) is 0 Å². The lowest BCUT2D eigenvalue weighted by Crippen LogP contribution is -1.96. The summed E-state index contributed by atoms with van der Waals surface area (Å²) in [5.74, 6) is 0.849. The highest BCUT2D eigenvalue weighted by atomic mass is 16.5. The van der Waals surface area contributed by atoms with Gasteiger partial charge in [-0.3, -0.25) is 0 Å². The van der Waals surface area contributed by atoms with E-state index in [4.69, 9.17) is 4.74 Å². The van der Waals surface area contributed by atoms with Crippen LogP contribution in [0, 0.1) is 0 Å². The van der Waals surface area contributed by atoms with E-state index in [0.717, 1.165) is 17.1 Å². The van der Waals surface area contributed by atoms with E-state index in [1.165, 1.54) is 43.6 Å². The van der Waals surface area contributed by atoms with Crippen LogP contribution in [-0.4, -0.2) is 16.2 Å². The van der Waals surface area contributed by atoms with Gasteiger partial charge in [0, 0.05) is 39.0 Å². The summed E-state index contributed by atoms with van der Waals surface area (Å²) in [7, 11) is 1.72. The summed E-state index contributed by atoms with van der Waals surface area (Å²) in [6.07, 6.45) is 0. The number of hydrogen-bond donors (Lipinski definition) is 0. The Hall–Kier alpha value is -4.50. The monoisotopic (exact) mass is 438 g/mol. The molecule has 0 aliphatic carbocycles. The van der Waals surface area contributed by atoms with Crippen LogP contribution in [0.3, 0.4) is 0 Å². The Balaban J connectivity index is 1.74. The lowest BCUT2D eigenvalue weighted by molar-refractivity contribution is 0.414. The van der Waals surface area contributed by atoms with Gasteiger partial charge in [-0.05, 0) is 42.5 Å². The average molecular weight is 439 g/mol. The van der Waals surface area contributed by atoms with E-state index in [1.807, 2.05) is 6.07 Å². The molecule has 3 heteroatoms. The molecule has 5 aromatic carbocycles. The number of para-hydroxylation sites is 3. The first-order valence-electron chi connectivity index (χ1n) is 11.5. The number of benzene rings is 5. The molecule has 0 amide bonds. The van der Waals surface area contributed by atoms with Gasteiger partial charge in [0.15, 0.2) is 0 Å². The molecule has 0 aliphatic rings. The van der Waals surface area contributed by atoms with Crippen LogP contribution in [0.4, 0.5) is 0 Å². The van der Waals surface area contributed by atoms with Crippen molar-refractivity contribution in [1.29, 1.82) is 0 Å². The third kappa shape index (κ3) is 2.58. The van der Waals surface area contributed by atoms with E-state index < -0.39 is 0 Å². The standard InChI is InChI=1S/C31H22N2O/c1-34-23-13-9-12-22(20-23)33-27-16-7-5-14-24(27)25-18-19-29-30(31(25)33)26-15-6-8-17-28(26)32(29)21-10-3-2-4-11-21/h2-20H,1H3. The quantitative estimate of drug-likeness (QED) is 0.274. The van der Waals surface area contributed by atoms with Crippen molar-refractivity contribution in [2.24, 2.45) is 0 Å². The summed E-state index contributed by atoms with van der Waals surface area (Å²) >= 11 is 0. The van der Waals surface area contributed by atoms with Gasteiger partial charge in [-0.1, -0.05) is 66.7 Å². The highest BCUT2D eigenvalue weighted by molar-refractivity contribution is 6.26. The second-order valence-electron chi connectivity index (χ2n) is 8.60. The van der Waals surface area contributed by atoms with Gasteiger partial charge in [0.1, 0.15) is 5.75 Å². The summed E-state index contributed by atoms with van der Waals surface area (Å²) < 4.78 is 10.3. The predicted octanol–water partition coefficient (Wildman–Crippen LogP) is 7.89. The van der Waals surface area contributed by atoms with Crippen molar-refractivity contribution >= 4 is 43.6 Å². The van der Waals surface area contributed by atoms with E-state index in [9.17, 15) is 0 Å². The molecule has 34 heavy (non-hydrogen) atoms. The number of rotatable bonds is 3. The zero-order valence-electron chi connectivity index (χ0n) is 18.8. The second-order valence-corrected chi connectivity index (χ2v) is 8.60. The number of ether oxygens (including phenoxy) is 1. The number of fused-ring (bicyclic) bond motifs is 7. The number of nitrogens with zero attached hydrogens (tertiary/aromatic N) is 2. The Kier molecular flexibility index (Phi) is 4.06. The molecule has 0 saturated carbocycles. The molecule has 0 atom stereocenters. The van der Waals surface area contributed by atoms with Gasteiger partial charge in [-0.2, -0.15) is 0 Å². The van der Waals surface area contributed by atoms with Crippen LogP contribution >= 0.6 is 0 Å². The van der Waals surface area contributed by atoms with Crippen LogP contribution < -0.4 is 4.74 Å². The van der Waals surface area contributed by atoms with Crippen LogP contribution in [0.15, 0.2) is 115 Å². The molecule has 2 heterocycles. The minimum Gasteiger partial charge on any atom is -0.497 e. The van der Waals surface area contributed by atoms with Gasteiger partial charge in [0.05, 0.1) is 29.2 Å². The largest absolute Gasteiger partial charge is 0.497 e. The van der Waals surface area contributed by atoms with E-state index in [2.05, 4.69) is 118 Å². The molecule has 7 rings (SSSR count). The predicted molar refractivity (Wildman–Crippen MR) is 142 cm³/mol. The molecule has 0 unspecified atom stereocenters. The van der Waals surface area contributed by atoms with Gasteiger partial charge in [-0.15, -0.1) is 0 Å². The first-order valence-corrected chi connectivity index (χ1v) is 11.5. The van der Waals surface area contributed by atoms with Crippen molar-refractivity contribution < 1.29 is 4.74 Å². The first kappa shape index (κ1) is 19.0. The zero-order valence-corrected chi connectivity index (χ0v) is 18.8. The minimum atomic E-state index is 0.849. The third-order valence-electron chi connectivity index (χ3n) is 6.80. The Morgan fingerprint density at radius 2 is 1.18 bits per heavy atom. The molecule has 162 valence electrons. The highest BCUT2D eigenvalue weighted by Gasteiger charge is 2.20. The Morgan fingerprint density at radius 3 is 1.97 bits per heavy atom. The Labute approximate surface area is 197 Å². The zero-order chi connectivity index (χ0) is 22.6. The molecule has 2 aromatic heterocycles. The van der Waals surface area contributed by atoms with Gasteiger partial charge >= 0.3 is 0 Å². The maximum Gasteiger partial charge on any atom is 0.120 e. The summed E-state index contributed by atoms with van der Waals surface area (Å²) in [6, 6.07) is 40.8. The Morgan fingerprint density at radius 1 is 0.500 bits per heavy atom. The molecule has 0 radical (unpaired) electrons. The van der Waals surface area contributed by atoms with Gasteiger partial charge in [0.25, 0.3) is 0 Å². The summed E-state index contributed by atoms with van der Waals surface area (Å²) in [6.45, 7) is 0. The fourth-order valence-corrected chi connectivity index (χ4v) is 5.38. The summed E-state index contributed by atoms with van der Waals surface area (Å²) in [5.41, 5.74) is 7.07. The lowest BCUT2D eigenvalue weighted by atomic mass is 10.1. The molecular formula is C31H22N2O. The molecule has 0 fully saturated rings. The molecule has 0 spiro atoms. The molecule has 3 nitrogen and oxygen atoms in total. The third-order valence-corrected chi connectivity index (χ3v) is 6.80. The van der Waals surface area contributed by atoms with Crippen LogP contribution in [0.5, 0.6) is 5.75 Å². The van der Waals surface area contributed by atoms with Crippen molar-refractivity contribution in [3.05, 3.63) is 115 Å². The van der Waals surface area contributed by atoms with Gasteiger partial charge < -0.3 is 13.9 Å². The molecule has 0 bridgehead atoms. The van der Waals surface area contributed by atoms with Gasteiger partial charge in [0.2, 0.25) is 0 Å². The maximum absolute atomic E-state index is 5.58. The average Bonchev–Trinajstić information content (AvgIpc) is 3.42. The molecule has 0 aliphatic heterocycles. The lowest BCUT2D eigenvalue weighted by Gasteiger charge is -2.11. The van der Waals surface area contributed by atoms with E-state index >= 15 is 0 Å². The van der Waals surface area contributed by atoms with Crippen molar-refractivity contribution in [3.8, 4) is 17.1 Å². The molecule has 7 aromatic rings. The van der Waals surface area contributed by atoms with Crippen molar-refractivity contribution in [2.75, 3.05) is 7.11 Å². The first-order chi connectivity index (χ1) is 16.8. The molecule has 0 N–H and O–H groups in total. The number of methoxy groups -OCH3 is 1. The SMILES string of the molecule is COc1cccc(-n2c3ccccc3c3ccc4c(c5ccccc5n4-c4ccccc4)c32)c1. The van der Waals surface area contributed by atoms with Crippen LogP contribution in [0.25, 0.3) is 55.0 Å². The smallest absolute Gasteiger partial charge is 0.120 e. The second kappa shape index (κ2) is 7.26. The van der Waals surface area contributed by atoms with Crippen LogP contribution in [-0.2, 0) is 0 Å². The molecule has 0 saturated heterocycles. The Bertz CT molecular complexity index is 1840. The minimum absolute atomic E-state index is 0.849. The van der Waals surface area contributed by atoms with Crippen LogP contribution in [0.2, 0.25) is 0 Å². The number of hydrogen-bond acceptors (Lipinski definition) is 1. The summed E-state index contributed by atoms with van der Waals surface area (Å²) in [4.78, 5) is 0. The molecular weight excluding hydrogens is 416 g/mol. The van der Waals surface area contributed by atoms with Crippen molar-refractivity contribution in [3.63, 3.8) is 0 Å². The van der Waals surface area contributed by atoms with Crippen molar-refractivity contribution in [2.45, 2.75) is 0 Å². The van der Waals surface area contributed by atoms with E-state index in [-0.39, 0.29) is 0 Å². The highest BCUT2D eigenvalue weighted by Crippen LogP contribution is 2.41. The topological polar surface area (TPSA) is 19.1 Å². The fraction of sp³-hybridized carbons (Fsp3) is 0.0323. The number of aromatic nitrogens is 2. The van der Waals surface area contributed by atoms with Gasteiger partial charge in [-0.25, -0.2) is 0 Å². The normalized spacial score (nSPS) is 11.7. The van der Waals surface area contributed by atoms with E-state index in [1.54, 1.807) is 7.11 Å². The summed E-state index contributed by atoms with van der Waals surface area (Å²) in [5, 5.41) is 5.01. The fourth-order valence-electron chi connectivity index (χ4n) is 5.38. The van der Waals surface area contributed by atoms with Crippen molar-refractivity contribution in [1.82, 2.24) is 9.13 Å². The van der Waals surface area contributed by atoms with E-state index in [0.29, 0.717) is 0 Å². The maximum atomic E-state index is 5.58.